The van der Waals surface area contributed by atoms with Crippen molar-refractivity contribution in [2.45, 2.75) is 25.7 Å². The summed E-state index contributed by atoms with van der Waals surface area (Å²) in [4.78, 5) is 11.7. The average Bonchev–Trinajstić information content (AvgIpc) is 3.11. The Hall–Kier alpha value is -2.10. The zero-order chi connectivity index (χ0) is 13.9. The number of hydrogen-bond acceptors (Lipinski definition) is 3. The Kier molecular flexibility index (Phi) is 2.18. The highest BCUT2D eigenvalue weighted by Crippen LogP contribution is 2.54. The lowest BCUT2D eigenvalue weighted by molar-refractivity contribution is 0.383. The molecule has 0 atom stereocenters. The summed E-state index contributed by atoms with van der Waals surface area (Å²) in [6.07, 6.45) is 11.4. The van der Waals surface area contributed by atoms with Crippen molar-refractivity contribution in [3.05, 3.63) is 36.8 Å². The van der Waals surface area contributed by atoms with Crippen molar-refractivity contribution in [3.8, 4) is 0 Å². The summed E-state index contributed by atoms with van der Waals surface area (Å²) in [5, 5.41) is 0. The molecule has 1 aliphatic heterocycles. The molecule has 106 valence electrons. The summed E-state index contributed by atoms with van der Waals surface area (Å²) in [7, 11) is 0. The fourth-order valence-corrected chi connectivity index (χ4v) is 3.71. The zero-order valence-electron chi connectivity index (χ0n) is 12.0. The number of piperidine rings is 1. The van der Waals surface area contributed by atoms with Crippen LogP contribution >= 0.6 is 0 Å². The first-order valence-corrected chi connectivity index (χ1v) is 7.81. The van der Waals surface area contributed by atoms with E-state index in [-0.39, 0.29) is 0 Å². The van der Waals surface area contributed by atoms with Crippen LogP contribution in [0.1, 0.15) is 25.7 Å². The first-order chi connectivity index (χ1) is 10.3. The van der Waals surface area contributed by atoms with Crippen molar-refractivity contribution in [3.63, 3.8) is 0 Å². The molecule has 21 heavy (non-hydrogen) atoms. The van der Waals surface area contributed by atoms with Crippen LogP contribution < -0.4 is 4.90 Å². The number of fused-ring (bicyclic) bond motifs is 3. The Labute approximate surface area is 123 Å². The number of pyridine rings is 1. The first kappa shape index (κ1) is 11.5. The predicted octanol–water partition coefficient (Wildman–Crippen LogP) is 3.26. The van der Waals surface area contributed by atoms with Crippen LogP contribution in [0.5, 0.6) is 0 Å². The van der Waals surface area contributed by atoms with Gasteiger partial charge in [-0.05, 0) is 49.3 Å². The van der Waals surface area contributed by atoms with E-state index in [9.17, 15) is 0 Å². The second kappa shape index (κ2) is 3.97. The van der Waals surface area contributed by atoms with Crippen LogP contribution in [0.3, 0.4) is 0 Å². The van der Waals surface area contributed by atoms with E-state index < -0.39 is 0 Å². The maximum Gasteiger partial charge on any atom is 0.155 e. The second-order valence-corrected chi connectivity index (χ2v) is 6.55. The molecule has 0 unspecified atom stereocenters. The highest BCUT2D eigenvalue weighted by atomic mass is 15.2. The Morgan fingerprint density at radius 3 is 2.67 bits per heavy atom. The summed E-state index contributed by atoms with van der Waals surface area (Å²) >= 11 is 0. The minimum atomic E-state index is 0.697. The smallest absolute Gasteiger partial charge is 0.155 e. The van der Waals surface area contributed by atoms with E-state index in [1.54, 1.807) is 0 Å². The Balaban J connectivity index is 1.66. The van der Waals surface area contributed by atoms with Crippen molar-refractivity contribution < 1.29 is 0 Å². The molecule has 0 aromatic carbocycles. The van der Waals surface area contributed by atoms with E-state index in [0.29, 0.717) is 5.41 Å². The standard InChI is InChI=1S/C17H18N4/c1-2-13-12-19-14-3-8-18-16(15(14)21(13)9-1)20-10-6-17(4-5-17)7-11-20/h1-3,8-9,12H,4-7,10-11H2. The monoisotopic (exact) mass is 278 g/mol. The van der Waals surface area contributed by atoms with Gasteiger partial charge in [0.05, 0.1) is 17.2 Å². The molecule has 4 nitrogen and oxygen atoms in total. The highest BCUT2D eigenvalue weighted by Gasteiger charge is 2.44. The minimum absolute atomic E-state index is 0.697. The number of hydrogen-bond donors (Lipinski definition) is 0. The van der Waals surface area contributed by atoms with E-state index in [0.717, 1.165) is 35.5 Å². The summed E-state index contributed by atoms with van der Waals surface area (Å²) in [5.74, 6) is 1.09. The van der Waals surface area contributed by atoms with Crippen LogP contribution in [-0.2, 0) is 0 Å². The third kappa shape index (κ3) is 1.68. The van der Waals surface area contributed by atoms with Crippen molar-refractivity contribution in [2.75, 3.05) is 18.0 Å². The van der Waals surface area contributed by atoms with Crippen LogP contribution in [-0.4, -0.2) is 27.5 Å². The van der Waals surface area contributed by atoms with Gasteiger partial charge < -0.3 is 9.30 Å². The Bertz CT molecular complexity index is 821. The maximum absolute atomic E-state index is 4.69. The normalized spacial score (nSPS) is 20.5. The number of rotatable bonds is 1. The van der Waals surface area contributed by atoms with Gasteiger partial charge in [0.15, 0.2) is 5.82 Å². The molecule has 1 spiro atoms. The van der Waals surface area contributed by atoms with Crippen LogP contribution in [0, 0.1) is 5.41 Å². The van der Waals surface area contributed by atoms with Crippen LogP contribution in [0.2, 0.25) is 0 Å². The molecule has 1 saturated heterocycles. The molecule has 0 N–H and O–H groups in total. The third-order valence-corrected chi connectivity index (χ3v) is 5.32. The summed E-state index contributed by atoms with van der Waals surface area (Å²) in [6.45, 7) is 2.26. The van der Waals surface area contributed by atoms with Crippen LogP contribution in [0.25, 0.3) is 16.6 Å². The van der Waals surface area contributed by atoms with Crippen molar-refractivity contribution in [2.24, 2.45) is 5.41 Å². The van der Waals surface area contributed by atoms with Gasteiger partial charge in [-0.25, -0.2) is 4.98 Å². The quantitative estimate of drug-likeness (QED) is 0.685. The minimum Gasteiger partial charge on any atom is -0.355 e. The van der Waals surface area contributed by atoms with Crippen LogP contribution in [0.15, 0.2) is 36.8 Å². The largest absolute Gasteiger partial charge is 0.355 e. The molecule has 1 saturated carbocycles. The number of nitrogens with zero attached hydrogens (tertiary/aromatic N) is 4. The van der Waals surface area contributed by atoms with Gasteiger partial charge in [-0.15, -0.1) is 0 Å². The average molecular weight is 278 g/mol. The van der Waals surface area contributed by atoms with Crippen LogP contribution in [0.4, 0.5) is 5.82 Å². The van der Waals surface area contributed by atoms with Gasteiger partial charge in [0, 0.05) is 25.5 Å². The van der Waals surface area contributed by atoms with Gasteiger partial charge >= 0.3 is 0 Å². The predicted molar refractivity (Wildman–Crippen MR) is 83.6 cm³/mol. The van der Waals surface area contributed by atoms with E-state index in [4.69, 9.17) is 4.98 Å². The number of anilines is 1. The SMILES string of the molecule is c1cc2cnc3ccnc(N4CCC5(CC4)CC5)c3n2c1. The van der Waals surface area contributed by atoms with Gasteiger partial charge in [0.25, 0.3) is 0 Å². The van der Waals surface area contributed by atoms with Gasteiger partial charge in [0.2, 0.25) is 0 Å². The lowest BCUT2D eigenvalue weighted by Gasteiger charge is -2.33. The molecule has 5 rings (SSSR count). The molecule has 3 aromatic rings. The summed E-state index contributed by atoms with van der Waals surface area (Å²) in [5.41, 5.74) is 4.00. The van der Waals surface area contributed by atoms with E-state index in [1.165, 1.54) is 25.7 Å². The van der Waals surface area contributed by atoms with Gasteiger partial charge in [-0.1, -0.05) is 0 Å². The number of aromatic nitrogens is 3. The Morgan fingerprint density at radius 1 is 1.00 bits per heavy atom. The lowest BCUT2D eigenvalue weighted by atomic mass is 9.94. The second-order valence-electron chi connectivity index (χ2n) is 6.55. The molecule has 4 heteroatoms. The van der Waals surface area contributed by atoms with Gasteiger partial charge in [-0.3, -0.25) is 4.98 Å². The van der Waals surface area contributed by atoms with Crippen molar-refractivity contribution in [1.82, 2.24) is 14.4 Å². The van der Waals surface area contributed by atoms with Crippen molar-refractivity contribution >= 4 is 22.4 Å². The van der Waals surface area contributed by atoms with E-state index in [1.807, 2.05) is 18.5 Å². The van der Waals surface area contributed by atoms with Crippen molar-refractivity contribution in [1.29, 1.82) is 0 Å². The zero-order valence-corrected chi connectivity index (χ0v) is 12.0. The molecule has 1 aliphatic carbocycles. The molecule has 4 heterocycles. The lowest BCUT2D eigenvalue weighted by Crippen LogP contribution is -2.35. The molecule has 0 bridgehead atoms. The van der Waals surface area contributed by atoms with E-state index >= 15 is 0 Å². The Morgan fingerprint density at radius 2 is 1.86 bits per heavy atom. The first-order valence-electron chi connectivity index (χ1n) is 7.81. The molecule has 0 radical (unpaired) electrons. The van der Waals surface area contributed by atoms with Gasteiger partial charge in [-0.2, -0.15) is 0 Å². The topological polar surface area (TPSA) is 33.4 Å². The fourth-order valence-electron chi connectivity index (χ4n) is 3.71. The van der Waals surface area contributed by atoms with E-state index in [2.05, 4.69) is 32.6 Å². The van der Waals surface area contributed by atoms with Gasteiger partial charge in [0.1, 0.15) is 5.52 Å². The maximum atomic E-state index is 4.69. The fraction of sp³-hybridized carbons (Fsp3) is 0.412. The summed E-state index contributed by atoms with van der Waals surface area (Å²) in [6, 6.07) is 6.17. The molecule has 0 amide bonds. The summed E-state index contributed by atoms with van der Waals surface area (Å²) < 4.78 is 2.21. The molecular weight excluding hydrogens is 260 g/mol. The highest BCUT2D eigenvalue weighted by molar-refractivity contribution is 5.88. The molecule has 2 aliphatic rings. The molecule has 2 fully saturated rings. The molecule has 3 aromatic heterocycles. The third-order valence-electron chi connectivity index (χ3n) is 5.32. The molecular formula is C17H18N4.